The van der Waals surface area contributed by atoms with Crippen LogP contribution >= 0.6 is 0 Å². The number of amides is 3. The van der Waals surface area contributed by atoms with E-state index in [1.807, 2.05) is 60.5 Å². The van der Waals surface area contributed by atoms with Gasteiger partial charge in [0.25, 0.3) is 5.91 Å². The van der Waals surface area contributed by atoms with Gasteiger partial charge in [-0.2, -0.15) is 5.10 Å². The number of rotatable bonds is 5. The molecule has 0 bridgehead atoms. The Morgan fingerprint density at radius 1 is 1.00 bits per heavy atom. The summed E-state index contributed by atoms with van der Waals surface area (Å²) >= 11 is 0. The third-order valence-electron chi connectivity index (χ3n) is 6.71. The fraction of sp³-hybridized carbons (Fsp3) is 0.320. The van der Waals surface area contributed by atoms with Crippen LogP contribution in [0.25, 0.3) is 0 Å². The first-order chi connectivity index (χ1) is 16.0. The van der Waals surface area contributed by atoms with Crippen LogP contribution < -0.4 is 15.5 Å². The summed E-state index contributed by atoms with van der Waals surface area (Å²) in [7, 11) is 1.81. The minimum absolute atomic E-state index is 0.0515. The molecule has 0 radical (unpaired) electrons. The number of anilines is 2. The van der Waals surface area contributed by atoms with Crippen molar-refractivity contribution in [3.63, 3.8) is 0 Å². The number of aryl methyl sites for hydroxylation is 1. The molecule has 2 fully saturated rings. The van der Waals surface area contributed by atoms with Crippen LogP contribution in [-0.2, 0) is 7.05 Å². The van der Waals surface area contributed by atoms with Crippen molar-refractivity contribution in [2.45, 2.75) is 0 Å². The molecule has 1 spiro atoms. The highest BCUT2D eigenvalue weighted by Gasteiger charge is 2.55. The first-order valence-electron chi connectivity index (χ1n) is 11.2. The molecular weight excluding hydrogens is 416 g/mol. The molecule has 0 saturated carbocycles. The summed E-state index contributed by atoms with van der Waals surface area (Å²) in [4.78, 5) is 29.8. The van der Waals surface area contributed by atoms with E-state index in [9.17, 15) is 9.59 Å². The molecule has 3 amide bonds. The maximum absolute atomic E-state index is 13.1. The number of hydrogen-bond acceptors (Lipinski definition) is 4. The Morgan fingerprint density at radius 3 is 2.36 bits per heavy atom. The van der Waals surface area contributed by atoms with E-state index in [1.165, 1.54) is 5.69 Å². The number of carbonyl (C=O) groups excluding carboxylic acids is 2. The minimum atomic E-state index is -0.231. The Balaban J connectivity index is 1.28. The number of benzene rings is 2. The lowest BCUT2D eigenvalue weighted by Crippen LogP contribution is -2.62. The smallest absolute Gasteiger partial charge is 0.319 e. The third-order valence-corrected chi connectivity index (χ3v) is 6.71. The molecule has 33 heavy (non-hydrogen) atoms. The highest BCUT2D eigenvalue weighted by atomic mass is 16.2. The predicted molar refractivity (Wildman–Crippen MR) is 127 cm³/mol. The lowest BCUT2D eigenvalue weighted by Gasteiger charge is -2.52. The van der Waals surface area contributed by atoms with Crippen LogP contribution in [0.15, 0.2) is 72.9 Å². The summed E-state index contributed by atoms with van der Waals surface area (Å²) in [6.45, 7) is 3.49. The van der Waals surface area contributed by atoms with Gasteiger partial charge >= 0.3 is 6.03 Å². The molecule has 5 rings (SSSR count). The fourth-order valence-corrected chi connectivity index (χ4v) is 4.97. The van der Waals surface area contributed by atoms with E-state index in [1.54, 1.807) is 16.9 Å². The molecule has 8 heteroatoms. The molecule has 0 aliphatic carbocycles. The maximum atomic E-state index is 13.1. The number of para-hydroxylation sites is 2. The van der Waals surface area contributed by atoms with Gasteiger partial charge in [-0.1, -0.05) is 36.4 Å². The standard InChI is InChI=1S/C25H28N6O2/c1-29-13-12-22(28-29)23(32)30-15-19(14-26-24(33)27-20-8-4-2-5-9-20)25(16-30)17-31(18-25)21-10-6-3-7-11-21/h2-13,19H,14-18H2,1H3,(H2,26,27,33). The fourth-order valence-electron chi connectivity index (χ4n) is 4.97. The number of likely N-dealkylation sites (tertiary alicyclic amines) is 1. The molecule has 2 aromatic carbocycles. The SMILES string of the molecule is Cn1ccc(C(=O)N2CC(CNC(=O)Nc3ccccc3)C3(C2)CN(c2ccccc2)C3)n1. The molecule has 2 N–H and O–H groups in total. The number of nitrogens with zero attached hydrogens (tertiary/aromatic N) is 4. The minimum Gasteiger partial charge on any atom is -0.370 e. The van der Waals surface area contributed by atoms with Crippen molar-refractivity contribution in [3.05, 3.63) is 78.6 Å². The number of hydrogen-bond donors (Lipinski definition) is 2. The molecule has 2 aliphatic rings. The average molecular weight is 445 g/mol. The lowest BCUT2D eigenvalue weighted by atomic mass is 9.71. The first-order valence-corrected chi connectivity index (χ1v) is 11.2. The van der Waals surface area contributed by atoms with E-state index in [0.717, 1.165) is 18.8 Å². The summed E-state index contributed by atoms with van der Waals surface area (Å²) in [5.41, 5.74) is 2.34. The van der Waals surface area contributed by atoms with Gasteiger partial charge in [-0.25, -0.2) is 4.79 Å². The lowest BCUT2D eigenvalue weighted by molar-refractivity contribution is 0.0755. The van der Waals surface area contributed by atoms with E-state index in [-0.39, 0.29) is 23.3 Å². The summed E-state index contributed by atoms with van der Waals surface area (Å²) in [6, 6.07) is 21.2. The van der Waals surface area contributed by atoms with Gasteiger partial charge in [-0.05, 0) is 30.3 Å². The molecule has 1 aromatic heterocycles. The van der Waals surface area contributed by atoms with Gasteiger partial charge in [-0.3, -0.25) is 9.48 Å². The van der Waals surface area contributed by atoms with Gasteiger partial charge in [0.15, 0.2) is 0 Å². The van der Waals surface area contributed by atoms with Crippen LogP contribution in [0, 0.1) is 11.3 Å². The first kappa shape index (κ1) is 21.1. The van der Waals surface area contributed by atoms with Gasteiger partial charge in [0, 0.05) is 68.7 Å². The summed E-state index contributed by atoms with van der Waals surface area (Å²) in [6.07, 6.45) is 1.78. The van der Waals surface area contributed by atoms with Crippen molar-refractivity contribution >= 4 is 23.3 Å². The number of aromatic nitrogens is 2. The van der Waals surface area contributed by atoms with Crippen molar-refractivity contribution in [1.82, 2.24) is 20.0 Å². The van der Waals surface area contributed by atoms with E-state index < -0.39 is 0 Å². The molecule has 1 unspecified atom stereocenters. The molecule has 8 nitrogen and oxygen atoms in total. The van der Waals surface area contributed by atoms with E-state index in [0.29, 0.717) is 25.3 Å². The molecule has 2 aliphatic heterocycles. The second-order valence-corrected chi connectivity index (χ2v) is 9.01. The van der Waals surface area contributed by atoms with Crippen LogP contribution in [0.2, 0.25) is 0 Å². The van der Waals surface area contributed by atoms with Crippen LogP contribution in [-0.4, -0.2) is 59.3 Å². The second kappa shape index (κ2) is 8.61. The Morgan fingerprint density at radius 2 is 1.70 bits per heavy atom. The Kier molecular flexibility index (Phi) is 5.50. The zero-order valence-electron chi connectivity index (χ0n) is 18.6. The summed E-state index contributed by atoms with van der Waals surface area (Å²) in [5.74, 6) is 0.107. The topological polar surface area (TPSA) is 82.5 Å². The second-order valence-electron chi connectivity index (χ2n) is 9.01. The zero-order chi connectivity index (χ0) is 22.8. The van der Waals surface area contributed by atoms with Crippen LogP contribution in [0.4, 0.5) is 16.2 Å². The molecule has 2 saturated heterocycles. The Labute approximate surface area is 193 Å². The predicted octanol–water partition coefficient (Wildman–Crippen LogP) is 2.82. The van der Waals surface area contributed by atoms with Crippen molar-refractivity contribution < 1.29 is 9.59 Å². The summed E-state index contributed by atoms with van der Waals surface area (Å²) < 4.78 is 1.65. The van der Waals surface area contributed by atoms with E-state index >= 15 is 0 Å². The molecular formula is C25H28N6O2. The van der Waals surface area contributed by atoms with E-state index in [2.05, 4.69) is 32.8 Å². The molecule has 3 heterocycles. The van der Waals surface area contributed by atoms with Crippen LogP contribution in [0.3, 0.4) is 0 Å². The van der Waals surface area contributed by atoms with Gasteiger partial charge in [-0.15, -0.1) is 0 Å². The van der Waals surface area contributed by atoms with Gasteiger partial charge in [0.1, 0.15) is 5.69 Å². The quantitative estimate of drug-likeness (QED) is 0.634. The van der Waals surface area contributed by atoms with Crippen LogP contribution in [0.1, 0.15) is 10.5 Å². The number of carbonyl (C=O) groups is 2. The van der Waals surface area contributed by atoms with Crippen molar-refractivity contribution in [3.8, 4) is 0 Å². The monoisotopic (exact) mass is 444 g/mol. The van der Waals surface area contributed by atoms with Crippen molar-refractivity contribution in [1.29, 1.82) is 0 Å². The van der Waals surface area contributed by atoms with E-state index in [4.69, 9.17) is 0 Å². The Bertz CT molecular complexity index is 1120. The number of urea groups is 1. The molecule has 1 atom stereocenters. The highest BCUT2D eigenvalue weighted by Crippen LogP contribution is 2.45. The van der Waals surface area contributed by atoms with Gasteiger partial charge < -0.3 is 20.4 Å². The summed E-state index contributed by atoms with van der Waals surface area (Å²) in [5, 5.41) is 10.2. The highest BCUT2D eigenvalue weighted by molar-refractivity contribution is 5.92. The third kappa shape index (κ3) is 4.28. The van der Waals surface area contributed by atoms with Crippen LogP contribution in [0.5, 0.6) is 0 Å². The van der Waals surface area contributed by atoms with Gasteiger partial charge in [0.05, 0.1) is 0 Å². The Hall–Kier alpha value is -3.81. The van der Waals surface area contributed by atoms with Crippen molar-refractivity contribution in [2.24, 2.45) is 18.4 Å². The van der Waals surface area contributed by atoms with Crippen molar-refractivity contribution in [2.75, 3.05) is 42.9 Å². The zero-order valence-corrected chi connectivity index (χ0v) is 18.6. The largest absolute Gasteiger partial charge is 0.370 e. The normalized spacial score (nSPS) is 18.8. The maximum Gasteiger partial charge on any atom is 0.319 e. The average Bonchev–Trinajstić information content (AvgIpc) is 3.41. The molecule has 3 aromatic rings. The number of nitrogens with one attached hydrogen (secondary N) is 2. The molecule has 170 valence electrons. The van der Waals surface area contributed by atoms with Gasteiger partial charge in [0.2, 0.25) is 0 Å².